The fourth-order valence-electron chi connectivity index (χ4n) is 4.59. The zero-order valence-electron chi connectivity index (χ0n) is 19.0. The highest BCUT2D eigenvalue weighted by Gasteiger charge is 2.38. The Morgan fingerprint density at radius 1 is 1.00 bits per heavy atom. The fourth-order valence-corrected chi connectivity index (χ4v) is 4.59. The van der Waals surface area contributed by atoms with Gasteiger partial charge in [-0.25, -0.2) is 0 Å². The predicted molar refractivity (Wildman–Crippen MR) is 130 cm³/mol. The van der Waals surface area contributed by atoms with Crippen molar-refractivity contribution >= 4 is 28.4 Å². The molecule has 5 rings (SSSR count). The summed E-state index contributed by atoms with van der Waals surface area (Å²) in [5, 5.41) is 3.95. The number of methoxy groups -OCH3 is 2. The summed E-state index contributed by atoms with van der Waals surface area (Å²) in [5.74, 6) is 0.872. The van der Waals surface area contributed by atoms with E-state index in [2.05, 4.69) is 10.3 Å². The van der Waals surface area contributed by atoms with E-state index in [0.29, 0.717) is 22.7 Å². The van der Waals surface area contributed by atoms with Crippen molar-refractivity contribution in [3.63, 3.8) is 0 Å². The first kappa shape index (κ1) is 21.6. The summed E-state index contributed by atoms with van der Waals surface area (Å²) in [6.07, 6.45) is 2.10. The summed E-state index contributed by atoms with van der Waals surface area (Å²) in [6.45, 7) is 0.280. The highest BCUT2D eigenvalue weighted by atomic mass is 16.5. The number of carbonyl (C=O) groups excluding carboxylic acids is 2. The second-order valence-corrected chi connectivity index (χ2v) is 8.14. The quantitative estimate of drug-likeness (QED) is 0.421. The standard InChI is InChI=1S/C27H25N3O4/c1-33-17-11-12-23(24(15-17)34-2)29-25(31)13-14-30-26(19-8-3-4-9-20(19)27(30)32)21-16-28-22-10-6-5-7-18(21)22/h3-12,15-16,26,28H,13-14H2,1-2H3,(H,29,31)/t26-/m1/s1. The largest absolute Gasteiger partial charge is 0.497 e. The van der Waals surface area contributed by atoms with Crippen molar-refractivity contribution < 1.29 is 19.1 Å². The molecule has 2 amide bonds. The lowest BCUT2D eigenvalue weighted by Gasteiger charge is -2.25. The van der Waals surface area contributed by atoms with E-state index in [-0.39, 0.29) is 30.8 Å². The monoisotopic (exact) mass is 455 g/mol. The van der Waals surface area contributed by atoms with Crippen molar-refractivity contribution in [1.82, 2.24) is 9.88 Å². The first-order chi connectivity index (χ1) is 16.6. The number of aromatic amines is 1. The van der Waals surface area contributed by atoms with E-state index in [1.165, 1.54) is 7.11 Å². The number of rotatable bonds is 7. The topological polar surface area (TPSA) is 83.7 Å². The van der Waals surface area contributed by atoms with Crippen LogP contribution in [0.4, 0.5) is 5.69 Å². The van der Waals surface area contributed by atoms with Crippen LogP contribution in [0.25, 0.3) is 10.9 Å². The molecule has 1 aliphatic heterocycles. The minimum atomic E-state index is -0.261. The number of para-hydroxylation sites is 1. The molecule has 2 heterocycles. The first-order valence-electron chi connectivity index (χ1n) is 11.1. The van der Waals surface area contributed by atoms with E-state index >= 15 is 0 Å². The van der Waals surface area contributed by atoms with Gasteiger partial charge in [-0.05, 0) is 29.8 Å². The number of ether oxygens (including phenoxy) is 2. The van der Waals surface area contributed by atoms with Gasteiger partial charge in [0.05, 0.1) is 25.9 Å². The van der Waals surface area contributed by atoms with Gasteiger partial charge in [-0.1, -0.05) is 36.4 Å². The number of amides is 2. The molecule has 1 atom stereocenters. The molecule has 0 aliphatic carbocycles. The maximum atomic E-state index is 13.3. The van der Waals surface area contributed by atoms with Gasteiger partial charge >= 0.3 is 0 Å². The maximum Gasteiger partial charge on any atom is 0.255 e. The van der Waals surface area contributed by atoms with Gasteiger partial charge in [0, 0.05) is 47.3 Å². The Kier molecular flexibility index (Phi) is 5.67. The van der Waals surface area contributed by atoms with Crippen LogP contribution in [0.2, 0.25) is 0 Å². The van der Waals surface area contributed by atoms with Gasteiger partial charge in [0.1, 0.15) is 11.5 Å². The molecule has 0 radical (unpaired) electrons. The fraction of sp³-hybridized carbons (Fsp3) is 0.185. The Hall–Kier alpha value is -4.26. The Labute approximate surface area is 197 Å². The molecule has 172 valence electrons. The highest BCUT2D eigenvalue weighted by Crippen LogP contribution is 2.41. The van der Waals surface area contributed by atoms with E-state index in [0.717, 1.165) is 22.0 Å². The van der Waals surface area contributed by atoms with Gasteiger partial charge in [0.15, 0.2) is 0 Å². The number of aromatic nitrogens is 1. The first-order valence-corrected chi connectivity index (χ1v) is 11.1. The predicted octanol–water partition coefficient (Wildman–Crippen LogP) is 4.76. The Bertz CT molecular complexity index is 1380. The number of H-pyrrole nitrogens is 1. The summed E-state index contributed by atoms with van der Waals surface area (Å²) in [4.78, 5) is 31.3. The SMILES string of the molecule is COc1ccc(NC(=O)CCN2C(=O)c3ccccc3[C@@H]2c2c[nH]c3ccccc23)c(OC)c1. The van der Waals surface area contributed by atoms with Gasteiger partial charge in [-0.15, -0.1) is 0 Å². The molecule has 0 fully saturated rings. The molecule has 0 spiro atoms. The van der Waals surface area contributed by atoms with Crippen LogP contribution in [0.5, 0.6) is 11.5 Å². The Balaban J connectivity index is 1.39. The molecular weight excluding hydrogens is 430 g/mol. The normalized spacial score (nSPS) is 14.8. The Morgan fingerprint density at radius 2 is 1.79 bits per heavy atom. The number of fused-ring (bicyclic) bond motifs is 2. The van der Waals surface area contributed by atoms with E-state index in [9.17, 15) is 9.59 Å². The van der Waals surface area contributed by atoms with Crippen molar-refractivity contribution in [2.45, 2.75) is 12.5 Å². The smallest absolute Gasteiger partial charge is 0.255 e. The molecule has 3 aromatic carbocycles. The van der Waals surface area contributed by atoms with Gasteiger partial charge in [-0.2, -0.15) is 0 Å². The Morgan fingerprint density at radius 3 is 2.62 bits per heavy atom. The van der Waals surface area contributed by atoms with E-state index in [4.69, 9.17) is 9.47 Å². The van der Waals surface area contributed by atoms with Gasteiger partial charge in [-0.3, -0.25) is 9.59 Å². The number of benzene rings is 3. The van der Waals surface area contributed by atoms with Crippen LogP contribution in [-0.2, 0) is 4.79 Å². The number of anilines is 1. The molecule has 7 nitrogen and oxygen atoms in total. The third kappa shape index (κ3) is 3.75. The van der Waals surface area contributed by atoms with Crippen LogP contribution in [-0.4, -0.2) is 42.5 Å². The van der Waals surface area contributed by atoms with Crippen LogP contribution in [0.1, 0.15) is 33.9 Å². The molecule has 0 saturated heterocycles. The van der Waals surface area contributed by atoms with Crippen molar-refractivity contribution in [3.05, 3.63) is 89.6 Å². The zero-order valence-corrected chi connectivity index (χ0v) is 19.0. The third-order valence-corrected chi connectivity index (χ3v) is 6.24. The van der Waals surface area contributed by atoms with Gasteiger partial charge < -0.3 is 24.7 Å². The average Bonchev–Trinajstić information content (AvgIpc) is 3.41. The molecule has 0 bridgehead atoms. The van der Waals surface area contributed by atoms with Crippen molar-refractivity contribution in [3.8, 4) is 11.5 Å². The molecule has 1 aromatic heterocycles. The lowest BCUT2D eigenvalue weighted by atomic mass is 9.97. The zero-order chi connectivity index (χ0) is 23.7. The molecule has 0 unspecified atom stereocenters. The summed E-state index contributed by atoms with van der Waals surface area (Å²) < 4.78 is 10.6. The van der Waals surface area contributed by atoms with E-state index < -0.39 is 0 Å². The second-order valence-electron chi connectivity index (χ2n) is 8.14. The van der Waals surface area contributed by atoms with Gasteiger partial charge in [0.2, 0.25) is 5.91 Å². The van der Waals surface area contributed by atoms with Crippen molar-refractivity contribution in [2.75, 3.05) is 26.1 Å². The average molecular weight is 456 g/mol. The molecule has 4 aromatic rings. The molecule has 7 heteroatoms. The van der Waals surface area contributed by atoms with Crippen LogP contribution < -0.4 is 14.8 Å². The molecule has 2 N–H and O–H groups in total. The second kappa shape index (κ2) is 8.94. The molecular formula is C27H25N3O4. The van der Waals surface area contributed by atoms with E-state index in [1.807, 2.05) is 54.7 Å². The minimum absolute atomic E-state index is 0.0688. The lowest BCUT2D eigenvalue weighted by molar-refractivity contribution is -0.116. The third-order valence-electron chi connectivity index (χ3n) is 6.24. The van der Waals surface area contributed by atoms with Crippen LogP contribution >= 0.6 is 0 Å². The molecule has 34 heavy (non-hydrogen) atoms. The summed E-state index contributed by atoms with van der Waals surface area (Å²) in [6, 6.07) is 20.6. The molecule has 0 saturated carbocycles. The highest BCUT2D eigenvalue weighted by molar-refractivity contribution is 6.01. The van der Waals surface area contributed by atoms with Crippen LogP contribution in [0, 0.1) is 0 Å². The number of nitrogens with zero attached hydrogens (tertiary/aromatic N) is 1. The summed E-state index contributed by atoms with van der Waals surface area (Å²) in [5.41, 5.74) is 4.21. The van der Waals surface area contributed by atoms with E-state index in [1.54, 1.807) is 30.2 Å². The molecule has 1 aliphatic rings. The number of nitrogens with one attached hydrogen (secondary N) is 2. The lowest BCUT2D eigenvalue weighted by Crippen LogP contribution is -2.32. The number of hydrogen-bond acceptors (Lipinski definition) is 4. The van der Waals surface area contributed by atoms with Crippen molar-refractivity contribution in [1.29, 1.82) is 0 Å². The minimum Gasteiger partial charge on any atom is -0.497 e. The van der Waals surface area contributed by atoms with Crippen molar-refractivity contribution in [2.24, 2.45) is 0 Å². The van der Waals surface area contributed by atoms with Crippen LogP contribution in [0.15, 0.2) is 72.9 Å². The number of hydrogen-bond donors (Lipinski definition) is 2. The summed E-state index contributed by atoms with van der Waals surface area (Å²) >= 11 is 0. The summed E-state index contributed by atoms with van der Waals surface area (Å²) in [7, 11) is 3.11. The maximum absolute atomic E-state index is 13.3. The number of carbonyl (C=O) groups is 2. The van der Waals surface area contributed by atoms with Gasteiger partial charge in [0.25, 0.3) is 5.91 Å². The van der Waals surface area contributed by atoms with Crippen LogP contribution in [0.3, 0.4) is 0 Å².